The highest BCUT2D eigenvalue weighted by Gasteiger charge is 2.20. The van der Waals surface area contributed by atoms with Crippen LogP contribution in [0.5, 0.6) is 0 Å². The summed E-state index contributed by atoms with van der Waals surface area (Å²) in [6, 6.07) is 40.2. The number of nitrogens with zero attached hydrogens (tertiary/aromatic N) is 1. The molecule has 0 bridgehead atoms. The van der Waals surface area contributed by atoms with Crippen LogP contribution in [0, 0.1) is 13.8 Å². The van der Waals surface area contributed by atoms with Crippen molar-refractivity contribution in [1.82, 2.24) is 0 Å². The minimum atomic E-state index is -0.269. The molecule has 0 radical (unpaired) electrons. The molecule has 5 aromatic rings. The highest BCUT2D eigenvalue weighted by Crippen LogP contribution is 2.36. The van der Waals surface area contributed by atoms with Crippen LogP contribution in [0.15, 0.2) is 127 Å². The van der Waals surface area contributed by atoms with Crippen molar-refractivity contribution >= 4 is 40.3 Å². The zero-order valence-corrected chi connectivity index (χ0v) is 21.9. The van der Waals surface area contributed by atoms with Gasteiger partial charge in [-0.3, -0.25) is 9.59 Å². The molecule has 0 aliphatic heterocycles. The fraction of sp³-hybridized carbons (Fsp3) is 0.0588. The van der Waals surface area contributed by atoms with E-state index in [9.17, 15) is 9.59 Å². The number of para-hydroxylation sites is 3. The molecule has 192 valence electrons. The van der Waals surface area contributed by atoms with Gasteiger partial charge >= 0.3 is 0 Å². The van der Waals surface area contributed by atoms with Gasteiger partial charge in [-0.1, -0.05) is 66.7 Å². The third-order valence-electron chi connectivity index (χ3n) is 6.65. The Balaban J connectivity index is 1.43. The van der Waals surface area contributed by atoms with Crippen LogP contribution in [-0.4, -0.2) is 11.8 Å². The van der Waals surface area contributed by atoms with Gasteiger partial charge in [-0.15, -0.1) is 0 Å². The lowest BCUT2D eigenvalue weighted by Gasteiger charge is -2.27. The van der Waals surface area contributed by atoms with Crippen LogP contribution in [0.1, 0.15) is 31.8 Å². The summed E-state index contributed by atoms with van der Waals surface area (Å²) in [6.07, 6.45) is 0. The molecule has 0 heterocycles. The molecule has 5 heteroatoms. The molecule has 0 atom stereocenters. The average Bonchev–Trinajstić information content (AvgIpc) is 2.97. The number of amides is 2. The average molecular weight is 512 g/mol. The Labute approximate surface area is 228 Å². The summed E-state index contributed by atoms with van der Waals surface area (Å²) in [7, 11) is 0. The van der Waals surface area contributed by atoms with Crippen molar-refractivity contribution in [3.05, 3.63) is 150 Å². The van der Waals surface area contributed by atoms with Crippen molar-refractivity contribution in [1.29, 1.82) is 0 Å². The first-order chi connectivity index (χ1) is 19.0. The van der Waals surface area contributed by atoms with Gasteiger partial charge < -0.3 is 15.5 Å². The first-order valence-corrected chi connectivity index (χ1v) is 12.8. The molecule has 0 spiro atoms. The molecule has 0 aromatic heterocycles. The Kier molecular flexibility index (Phi) is 7.51. The second-order valence-corrected chi connectivity index (χ2v) is 9.26. The molecule has 39 heavy (non-hydrogen) atoms. The van der Waals surface area contributed by atoms with Gasteiger partial charge in [-0.25, -0.2) is 0 Å². The van der Waals surface area contributed by atoms with Crippen LogP contribution in [0.4, 0.5) is 28.4 Å². The third-order valence-corrected chi connectivity index (χ3v) is 6.65. The second-order valence-electron chi connectivity index (χ2n) is 9.26. The van der Waals surface area contributed by atoms with Gasteiger partial charge in [0, 0.05) is 28.3 Å². The van der Waals surface area contributed by atoms with Crippen LogP contribution < -0.4 is 15.5 Å². The second kappa shape index (κ2) is 11.5. The fourth-order valence-corrected chi connectivity index (χ4v) is 4.46. The molecular formula is C34H29N3O2. The quantitative estimate of drug-likeness (QED) is 0.231. The monoisotopic (exact) mass is 511 g/mol. The molecule has 0 fully saturated rings. The molecule has 0 saturated carbocycles. The first kappa shape index (κ1) is 25.5. The molecule has 5 nitrogen and oxygen atoms in total. The number of hydrogen-bond acceptors (Lipinski definition) is 3. The van der Waals surface area contributed by atoms with Crippen molar-refractivity contribution in [2.75, 3.05) is 15.5 Å². The minimum absolute atomic E-state index is 0.237. The maximum Gasteiger partial charge on any atom is 0.257 e. The van der Waals surface area contributed by atoms with Crippen molar-refractivity contribution in [3.63, 3.8) is 0 Å². The number of benzene rings is 5. The molecule has 5 rings (SSSR count). The van der Waals surface area contributed by atoms with Gasteiger partial charge in [0.2, 0.25) is 0 Å². The Hall–Kier alpha value is -5.16. The van der Waals surface area contributed by atoms with Crippen LogP contribution in [0.25, 0.3) is 0 Å². The SMILES string of the molecule is Cc1cccc(NC(=O)c2cccc(NC(=O)c3ccccc3N(c3ccccc3)c3ccccc3)c2)c1C. The maximum absolute atomic E-state index is 13.6. The van der Waals surface area contributed by atoms with E-state index in [2.05, 4.69) is 15.5 Å². The molecule has 2 amide bonds. The molecule has 5 aromatic carbocycles. The largest absolute Gasteiger partial charge is 0.322 e. The minimum Gasteiger partial charge on any atom is -0.322 e. The summed E-state index contributed by atoms with van der Waals surface area (Å²) in [6.45, 7) is 3.99. The van der Waals surface area contributed by atoms with E-state index >= 15 is 0 Å². The van der Waals surface area contributed by atoms with Crippen LogP contribution in [0.2, 0.25) is 0 Å². The zero-order chi connectivity index (χ0) is 27.2. The summed E-state index contributed by atoms with van der Waals surface area (Å²) in [5.74, 6) is -0.505. The van der Waals surface area contributed by atoms with Gasteiger partial charge in [0.1, 0.15) is 0 Å². The zero-order valence-electron chi connectivity index (χ0n) is 21.9. The number of carbonyl (C=O) groups is 2. The molecular weight excluding hydrogens is 482 g/mol. The van der Waals surface area contributed by atoms with Crippen LogP contribution >= 0.6 is 0 Å². The molecule has 0 saturated heterocycles. The summed E-state index contributed by atoms with van der Waals surface area (Å²) in [5.41, 5.74) is 7.02. The number of rotatable bonds is 7. The molecule has 2 N–H and O–H groups in total. The fourth-order valence-electron chi connectivity index (χ4n) is 4.46. The molecule has 0 unspecified atom stereocenters. The maximum atomic E-state index is 13.6. The highest BCUT2D eigenvalue weighted by atomic mass is 16.2. The van der Waals surface area contributed by atoms with Gasteiger partial charge in [-0.05, 0) is 85.6 Å². The number of aryl methyl sites for hydroxylation is 1. The summed E-state index contributed by atoms with van der Waals surface area (Å²) in [4.78, 5) is 28.7. The topological polar surface area (TPSA) is 61.4 Å². The molecule has 0 aliphatic carbocycles. The van der Waals surface area contributed by atoms with Crippen LogP contribution in [0.3, 0.4) is 0 Å². The lowest BCUT2D eigenvalue weighted by molar-refractivity contribution is 0.101. The van der Waals surface area contributed by atoms with E-state index in [1.54, 1.807) is 30.3 Å². The lowest BCUT2D eigenvalue weighted by Crippen LogP contribution is -2.19. The highest BCUT2D eigenvalue weighted by molar-refractivity contribution is 6.10. The van der Waals surface area contributed by atoms with E-state index in [0.29, 0.717) is 16.8 Å². The standard InChI is InChI=1S/C34H29N3O2/c1-24-13-11-21-31(25(24)2)36-33(38)26-14-12-15-27(23-26)35-34(39)30-20-9-10-22-32(30)37(28-16-5-3-6-17-28)29-18-7-4-8-19-29/h3-23H,1-2H3,(H,35,39)(H,36,38). The summed E-state index contributed by atoms with van der Waals surface area (Å²) < 4.78 is 0. The van der Waals surface area contributed by atoms with E-state index in [0.717, 1.165) is 33.9 Å². The van der Waals surface area contributed by atoms with E-state index in [1.807, 2.05) is 111 Å². The first-order valence-electron chi connectivity index (χ1n) is 12.8. The summed E-state index contributed by atoms with van der Waals surface area (Å²) >= 11 is 0. The van der Waals surface area contributed by atoms with Gasteiger partial charge in [0.15, 0.2) is 0 Å². The Morgan fingerprint density at radius 3 is 1.90 bits per heavy atom. The van der Waals surface area contributed by atoms with E-state index in [1.165, 1.54) is 0 Å². The van der Waals surface area contributed by atoms with E-state index in [4.69, 9.17) is 0 Å². The van der Waals surface area contributed by atoms with Crippen molar-refractivity contribution in [2.45, 2.75) is 13.8 Å². The number of nitrogens with one attached hydrogen (secondary N) is 2. The lowest BCUT2D eigenvalue weighted by atomic mass is 10.1. The Bertz CT molecular complexity index is 1580. The smallest absolute Gasteiger partial charge is 0.257 e. The number of anilines is 5. The Morgan fingerprint density at radius 1 is 0.590 bits per heavy atom. The predicted molar refractivity (Wildman–Crippen MR) is 159 cm³/mol. The normalized spacial score (nSPS) is 10.5. The van der Waals surface area contributed by atoms with Gasteiger partial charge in [-0.2, -0.15) is 0 Å². The van der Waals surface area contributed by atoms with E-state index in [-0.39, 0.29) is 11.8 Å². The Morgan fingerprint density at radius 2 is 1.21 bits per heavy atom. The third kappa shape index (κ3) is 5.73. The van der Waals surface area contributed by atoms with Crippen molar-refractivity contribution in [3.8, 4) is 0 Å². The van der Waals surface area contributed by atoms with Gasteiger partial charge in [0.05, 0.1) is 11.3 Å². The number of hydrogen-bond donors (Lipinski definition) is 2. The van der Waals surface area contributed by atoms with E-state index < -0.39 is 0 Å². The van der Waals surface area contributed by atoms with Crippen molar-refractivity contribution < 1.29 is 9.59 Å². The van der Waals surface area contributed by atoms with Gasteiger partial charge in [0.25, 0.3) is 11.8 Å². The van der Waals surface area contributed by atoms with Crippen LogP contribution in [-0.2, 0) is 0 Å². The van der Waals surface area contributed by atoms with Crippen molar-refractivity contribution in [2.24, 2.45) is 0 Å². The molecule has 0 aliphatic rings. The number of carbonyl (C=O) groups excluding carboxylic acids is 2. The predicted octanol–water partition coefficient (Wildman–Crippen LogP) is 8.28. The summed E-state index contributed by atoms with van der Waals surface area (Å²) in [5, 5.41) is 5.97.